The van der Waals surface area contributed by atoms with Crippen LogP contribution in [0.25, 0.3) is 5.69 Å². The van der Waals surface area contributed by atoms with E-state index in [-0.39, 0.29) is 11.5 Å². The molecule has 2 N–H and O–H groups in total. The second-order valence-corrected chi connectivity index (χ2v) is 5.19. The van der Waals surface area contributed by atoms with E-state index in [0.29, 0.717) is 16.8 Å². The van der Waals surface area contributed by atoms with Crippen LogP contribution in [0.3, 0.4) is 0 Å². The molecule has 1 aromatic heterocycles. The van der Waals surface area contributed by atoms with E-state index in [1.165, 1.54) is 10.9 Å². The third-order valence-electron chi connectivity index (χ3n) is 3.53. The van der Waals surface area contributed by atoms with Crippen molar-refractivity contribution in [2.45, 2.75) is 6.92 Å². The van der Waals surface area contributed by atoms with Crippen molar-refractivity contribution < 1.29 is 4.79 Å². The van der Waals surface area contributed by atoms with E-state index in [0.717, 1.165) is 5.69 Å². The summed E-state index contributed by atoms with van der Waals surface area (Å²) in [5.41, 5.74) is 4.49. The van der Waals surface area contributed by atoms with Gasteiger partial charge in [0.2, 0.25) is 0 Å². The molecule has 0 fully saturated rings. The highest BCUT2D eigenvalue weighted by molar-refractivity contribution is 5.94. The zero-order valence-electron chi connectivity index (χ0n) is 13.1. The summed E-state index contributed by atoms with van der Waals surface area (Å²) in [7, 11) is 0. The topological polar surface area (TPSA) is 79.2 Å². The van der Waals surface area contributed by atoms with Crippen molar-refractivity contribution in [3.8, 4) is 5.69 Å². The predicted octanol–water partition coefficient (Wildman–Crippen LogP) is 2.24. The molecule has 1 amide bonds. The lowest BCUT2D eigenvalue weighted by Gasteiger charge is -1.99. The van der Waals surface area contributed by atoms with Crippen molar-refractivity contribution in [2.24, 2.45) is 5.10 Å². The molecule has 0 bridgehead atoms. The Balaban J connectivity index is 1.80. The third-order valence-corrected chi connectivity index (χ3v) is 3.53. The first-order valence-electron chi connectivity index (χ1n) is 7.42. The van der Waals surface area contributed by atoms with E-state index >= 15 is 0 Å². The Kier molecular flexibility index (Phi) is 4.38. The molecule has 3 rings (SSSR count). The van der Waals surface area contributed by atoms with Gasteiger partial charge in [-0.3, -0.25) is 14.7 Å². The third kappa shape index (κ3) is 3.17. The van der Waals surface area contributed by atoms with Gasteiger partial charge in [-0.05, 0) is 31.2 Å². The van der Waals surface area contributed by atoms with Gasteiger partial charge in [0.1, 0.15) is 0 Å². The van der Waals surface area contributed by atoms with Gasteiger partial charge in [0.05, 0.1) is 17.5 Å². The van der Waals surface area contributed by atoms with Crippen LogP contribution in [-0.4, -0.2) is 21.9 Å². The SMILES string of the molecule is Cc1[nH]n(-c2ccccc2)c(=O)c1C=NNC(=O)c1ccccc1. The second-order valence-electron chi connectivity index (χ2n) is 5.19. The first-order chi connectivity index (χ1) is 11.7. The number of aromatic nitrogens is 2. The number of hydrogen-bond acceptors (Lipinski definition) is 3. The smallest absolute Gasteiger partial charge is 0.280 e. The number of carbonyl (C=O) groups is 1. The van der Waals surface area contributed by atoms with Crippen molar-refractivity contribution in [3.05, 3.63) is 87.8 Å². The fourth-order valence-electron chi connectivity index (χ4n) is 2.28. The second kappa shape index (κ2) is 6.78. The maximum Gasteiger partial charge on any atom is 0.280 e. The molecule has 1 heterocycles. The van der Waals surface area contributed by atoms with Gasteiger partial charge in [-0.15, -0.1) is 0 Å². The number of aryl methyl sites for hydroxylation is 1. The Hall–Kier alpha value is -3.41. The minimum Gasteiger partial charge on any atom is -0.295 e. The van der Waals surface area contributed by atoms with Gasteiger partial charge in [-0.25, -0.2) is 10.1 Å². The molecule has 6 nitrogen and oxygen atoms in total. The molecule has 0 unspecified atom stereocenters. The summed E-state index contributed by atoms with van der Waals surface area (Å²) < 4.78 is 1.44. The zero-order valence-corrected chi connectivity index (χ0v) is 13.1. The van der Waals surface area contributed by atoms with Crippen molar-refractivity contribution in [2.75, 3.05) is 0 Å². The quantitative estimate of drug-likeness (QED) is 0.571. The fraction of sp³-hybridized carbons (Fsp3) is 0.0556. The summed E-state index contributed by atoms with van der Waals surface area (Å²) >= 11 is 0. The number of hydrazone groups is 1. The highest BCUT2D eigenvalue weighted by atomic mass is 16.2. The minimum absolute atomic E-state index is 0.226. The first kappa shape index (κ1) is 15.5. The Bertz CT molecular complexity index is 925. The molecule has 0 spiro atoms. The number of benzene rings is 2. The maximum absolute atomic E-state index is 12.5. The van der Waals surface area contributed by atoms with E-state index in [1.807, 2.05) is 36.4 Å². The predicted molar refractivity (Wildman–Crippen MR) is 92.6 cm³/mol. The van der Waals surface area contributed by atoms with Crippen LogP contribution in [0, 0.1) is 6.92 Å². The van der Waals surface area contributed by atoms with Crippen LogP contribution in [-0.2, 0) is 0 Å². The van der Waals surface area contributed by atoms with Crippen LogP contribution < -0.4 is 11.0 Å². The molecule has 0 radical (unpaired) electrons. The number of rotatable bonds is 4. The van der Waals surface area contributed by atoms with Crippen LogP contribution in [0.1, 0.15) is 21.6 Å². The van der Waals surface area contributed by atoms with Crippen molar-refractivity contribution in [3.63, 3.8) is 0 Å². The van der Waals surface area contributed by atoms with E-state index in [9.17, 15) is 9.59 Å². The van der Waals surface area contributed by atoms with Crippen LogP contribution in [0.4, 0.5) is 0 Å². The van der Waals surface area contributed by atoms with Gasteiger partial charge in [0.15, 0.2) is 0 Å². The van der Waals surface area contributed by atoms with Crippen molar-refractivity contribution in [1.82, 2.24) is 15.2 Å². The molecule has 0 saturated heterocycles. The lowest BCUT2D eigenvalue weighted by molar-refractivity contribution is 0.0955. The highest BCUT2D eigenvalue weighted by Crippen LogP contribution is 2.05. The molecule has 0 saturated carbocycles. The summed E-state index contributed by atoms with van der Waals surface area (Å²) in [6.45, 7) is 1.78. The van der Waals surface area contributed by atoms with Crippen LogP contribution >= 0.6 is 0 Å². The van der Waals surface area contributed by atoms with Crippen LogP contribution in [0.5, 0.6) is 0 Å². The number of nitrogens with zero attached hydrogens (tertiary/aromatic N) is 2. The monoisotopic (exact) mass is 320 g/mol. The number of amides is 1. The molecule has 2 aromatic carbocycles. The summed E-state index contributed by atoms with van der Waals surface area (Å²) in [5.74, 6) is -0.330. The molecule has 0 aliphatic carbocycles. The molecule has 3 aromatic rings. The van der Waals surface area contributed by atoms with Gasteiger partial charge >= 0.3 is 0 Å². The molecule has 0 atom stereocenters. The lowest BCUT2D eigenvalue weighted by atomic mass is 10.2. The Morgan fingerprint density at radius 3 is 2.38 bits per heavy atom. The molecule has 0 aliphatic heterocycles. The molecule has 24 heavy (non-hydrogen) atoms. The number of hydrogen-bond donors (Lipinski definition) is 2. The molecular formula is C18H16N4O2. The van der Waals surface area contributed by atoms with Gasteiger partial charge in [-0.2, -0.15) is 5.10 Å². The zero-order chi connectivity index (χ0) is 16.9. The van der Waals surface area contributed by atoms with E-state index in [4.69, 9.17) is 0 Å². The Labute approximate surface area is 138 Å². The first-order valence-corrected chi connectivity index (χ1v) is 7.42. The average Bonchev–Trinajstić information content (AvgIpc) is 2.91. The normalized spacial score (nSPS) is 10.9. The van der Waals surface area contributed by atoms with Crippen molar-refractivity contribution in [1.29, 1.82) is 0 Å². The highest BCUT2D eigenvalue weighted by Gasteiger charge is 2.10. The number of carbonyl (C=O) groups excluding carboxylic acids is 1. The molecular weight excluding hydrogens is 304 g/mol. The minimum atomic E-state index is -0.330. The van der Waals surface area contributed by atoms with Gasteiger partial charge in [0, 0.05) is 11.3 Å². The summed E-state index contributed by atoms with van der Waals surface area (Å²) in [6, 6.07) is 18.0. The number of nitrogens with one attached hydrogen (secondary N) is 2. The van der Waals surface area contributed by atoms with Crippen molar-refractivity contribution >= 4 is 12.1 Å². The van der Waals surface area contributed by atoms with E-state index in [1.54, 1.807) is 31.2 Å². The number of H-pyrrole nitrogens is 1. The van der Waals surface area contributed by atoms with Gasteiger partial charge in [0.25, 0.3) is 11.5 Å². The summed E-state index contributed by atoms with van der Waals surface area (Å²) in [4.78, 5) is 24.4. The van der Waals surface area contributed by atoms with Gasteiger partial charge in [-0.1, -0.05) is 36.4 Å². The standard InChI is InChI=1S/C18H16N4O2/c1-13-16(12-19-20-17(23)14-8-4-2-5-9-14)18(24)22(21-13)15-10-6-3-7-11-15/h2-12,21H,1H3,(H,20,23). The Morgan fingerprint density at radius 2 is 1.71 bits per heavy atom. The number of para-hydroxylation sites is 1. The van der Waals surface area contributed by atoms with E-state index in [2.05, 4.69) is 15.6 Å². The molecule has 120 valence electrons. The average molecular weight is 320 g/mol. The summed E-state index contributed by atoms with van der Waals surface area (Å²) in [6.07, 6.45) is 1.36. The summed E-state index contributed by atoms with van der Waals surface area (Å²) in [5, 5.41) is 6.89. The molecule has 6 heteroatoms. The van der Waals surface area contributed by atoms with E-state index < -0.39 is 0 Å². The van der Waals surface area contributed by atoms with Crippen LogP contribution in [0.2, 0.25) is 0 Å². The lowest BCUT2D eigenvalue weighted by Crippen LogP contribution is -2.20. The van der Waals surface area contributed by atoms with Gasteiger partial charge < -0.3 is 0 Å². The number of aromatic amines is 1. The maximum atomic E-state index is 12.5. The molecule has 0 aliphatic rings. The fourth-order valence-corrected chi connectivity index (χ4v) is 2.28. The van der Waals surface area contributed by atoms with Crippen LogP contribution in [0.15, 0.2) is 70.6 Å². The Morgan fingerprint density at radius 1 is 1.08 bits per heavy atom. The largest absolute Gasteiger partial charge is 0.295 e.